The van der Waals surface area contributed by atoms with Crippen molar-refractivity contribution >= 4 is 29.3 Å². The molecule has 0 bridgehead atoms. The number of amides is 2. The summed E-state index contributed by atoms with van der Waals surface area (Å²) in [5.74, 6) is 0.775. The summed E-state index contributed by atoms with van der Waals surface area (Å²) in [7, 11) is 0. The van der Waals surface area contributed by atoms with Gasteiger partial charge in [-0.15, -0.1) is 11.8 Å². The van der Waals surface area contributed by atoms with Gasteiger partial charge in [0, 0.05) is 12.3 Å². The van der Waals surface area contributed by atoms with E-state index in [9.17, 15) is 9.59 Å². The molecule has 3 aromatic rings. The molecular formula is C24H24N2O2S. The predicted molar refractivity (Wildman–Crippen MR) is 120 cm³/mol. The van der Waals surface area contributed by atoms with Gasteiger partial charge in [0.1, 0.15) is 0 Å². The number of anilines is 1. The van der Waals surface area contributed by atoms with Crippen LogP contribution in [-0.2, 0) is 17.1 Å². The zero-order valence-electron chi connectivity index (χ0n) is 16.4. The first-order valence-electron chi connectivity index (χ1n) is 9.47. The van der Waals surface area contributed by atoms with Gasteiger partial charge in [-0.2, -0.15) is 0 Å². The van der Waals surface area contributed by atoms with Crippen molar-refractivity contribution < 1.29 is 9.59 Å². The fourth-order valence-electron chi connectivity index (χ4n) is 2.88. The highest BCUT2D eigenvalue weighted by molar-refractivity contribution is 7.99. The quantitative estimate of drug-likeness (QED) is 0.567. The third kappa shape index (κ3) is 6.22. The van der Waals surface area contributed by atoms with Crippen LogP contribution in [0.5, 0.6) is 0 Å². The Balaban J connectivity index is 1.54. The Morgan fingerprint density at radius 1 is 0.862 bits per heavy atom. The molecule has 0 unspecified atom stereocenters. The van der Waals surface area contributed by atoms with Crippen molar-refractivity contribution in [3.05, 3.63) is 101 Å². The molecule has 5 heteroatoms. The number of carbonyl (C=O) groups excluding carboxylic acids is 2. The first kappa shape index (κ1) is 20.7. The zero-order valence-corrected chi connectivity index (χ0v) is 17.2. The van der Waals surface area contributed by atoms with Crippen LogP contribution in [0, 0.1) is 6.92 Å². The molecular weight excluding hydrogens is 380 g/mol. The maximum atomic E-state index is 12.6. The smallest absolute Gasteiger partial charge is 0.253 e. The summed E-state index contributed by atoms with van der Waals surface area (Å²) < 4.78 is 0. The second kappa shape index (κ2) is 10.5. The molecule has 3 aromatic carbocycles. The van der Waals surface area contributed by atoms with E-state index in [4.69, 9.17) is 0 Å². The molecule has 3 rings (SSSR count). The molecule has 0 radical (unpaired) electrons. The van der Waals surface area contributed by atoms with Crippen LogP contribution in [0.3, 0.4) is 0 Å². The molecule has 2 N–H and O–H groups in total. The third-order valence-corrected chi connectivity index (χ3v) is 5.48. The molecule has 0 aliphatic heterocycles. The number of hydrogen-bond donors (Lipinski definition) is 2. The topological polar surface area (TPSA) is 58.2 Å². The lowest BCUT2D eigenvalue weighted by molar-refractivity contribution is -0.113. The van der Waals surface area contributed by atoms with Crippen LogP contribution in [0.25, 0.3) is 0 Å². The summed E-state index contributed by atoms with van der Waals surface area (Å²) in [6.45, 7) is 2.51. The van der Waals surface area contributed by atoms with Gasteiger partial charge in [-0.1, -0.05) is 66.7 Å². The molecule has 0 heterocycles. The molecule has 0 atom stereocenters. The van der Waals surface area contributed by atoms with Crippen molar-refractivity contribution in [2.45, 2.75) is 19.2 Å². The number of para-hydroxylation sites is 1. The molecule has 0 spiro atoms. The molecule has 0 fully saturated rings. The maximum absolute atomic E-state index is 12.6. The second-order valence-electron chi connectivity index (χ2n) is 6.68. The Morgan fingerprint density at radius 3 is 2.34 bits per heavy atom. The van der Waals surface area contributed by atoms with E-state index in [-0.39, 0.29) is 11.8 Å². The monoisotopic (exact) mass is 404 g/mol. The molecule has 29 heavy (non-hydrogen) atoms. The van der Waals surface area contributed by atoms with E-state index in [0.29, 0.717) is 23.5 Å². The highest BCUT2D eigenvalue weighted by atomic mass is 32.2. The lowest BCUT2D eigenvalue weighted by Gasteiger charge is -2.12. The highest BCUT2D eigenvalue weighted by Crippen LogP contribution is 2.18. The van der Waals surface area contributed by atoms with Crippen LogP contribution in [0.15, 0.2) is 78.9 Å². The summed E-state index contributed by atoms with van der Waals surface area (Å²) in [6, 6.07) is 25.0. The summed E-state index contributed by atoms with van der Waals surface area (Å²) in [5, 5.41) is 5.77. The number of nitrogens with one attached hydrogen (secondary N) is 2. The summed E-state index contributed by atoms with van der Waals surface area (Å²) in [6.07, 6.45) is 0. The van der Waals surface area contributed by atoms with E-state index < -0.39 is 0 Å². The zero-order chi connectivity index (χ0) is 20.5. The van der Waals surface area contributed by atoms with Crippen molar-refractivity contribution in [1.82, 2.24) is 5.32 Å². The maximum Gasteiger partial charge on any atom is 0.253 e. The van der Waals surface area contributed by atoms with Crippen molar-refractivity contribution in [2.24, 2.45) is 0 Å². The van der Waals surface area contributed by atoms with Crippen LogP contribution in [0.1, 0.15) is 27.0 Å². The van der Waals surface area contributed by atoms with Crippen molar-refractivity contribution in [2.75, 3.05) is 11.1 Å². The standard InChI is InChI=1S/C24H24N2O2S/c1-18-9-5-6-12-20(18)16-29-17-23(27)26-22-14-8-7-13-21(22)24(28)25-15-19-10-3-2-4-11-19/h2-14H,15-17H2,1H3,(H,25,28)(H,26,27). The minimum absolute atomic E-state index is 0.119. The average molecular weight is 405 g/mol. The highest BCUT2D eigenvalue weighted by Gasteiger charge is 2.13. The largest absolute Gasteiger partial charge is 0.348 e. The SMILES string of the molecule is Cc1ccccc1CSCC(=O)Nc1ccccc1C(=O)NCc1ccccc1. The molecule has 148 valence electrons. The van der Waals surface area contributed by atoms with Crippen LogP contribution in [0.4, 0.5) is 5.69 Å². The van der Waals surface area contributed by atoms with Gasteiger partial charge in [-0.25, -0.2) is 0 Å². The van der Waals surface area contributed by atoms with Crippen LogP contribution < -0.4 is 10.6 Å². The van der Waals surface area contributed by atoms with E-state index >= 15 is 0 Å². The minimum Gasteiger partial charge on any atom is -0.348 e. The van der Waals surface area contributed by atoms with E-state index in [0.717, 1.165) is 11.3 Å². The average Bonchev–Trinajstić information content (AvgIpc) is 2.74. The first-order chi connectivity index (χ1) is 14.1. The Hall–Kier alpha value is -3.05. The fourth-order valence-corrected chi connectivity index (χ4v) is 3.78. The molecule has 0 saturated heterocycles. The molecule has 0 aromatic heterocycles. The van der Waals surface area contributed by atoms with Gasteiger partial charge in [0.05, 0.1) is 17.0 Å². The number of rotatable bonds is 8. The molecule has 0 aliphatic rings. The van der Waals surface area contributed by atoms with Gasteiger partial charge < -0.3 is 10.6 Å². The molecule has 0 aliphatic carbocycles. The fraction of sp³-hybridized carbons (Fsp3) is 0.167. The van der Waals surface area contributed by atoms with Gasteiger partial charge >= 0.3 is 0 Å². The summed E-state index contributed by atoms with van der Waals surface area (Å²) in [4.78, 5) is 25.0. The van der Waals surface area contributed by atoms with Crippen molar-refractivity contribution in [3.63, 3.8) is 0 Å². The summed E-state index contributed by atoms with van der Waals surface area (Å²) >= 11 is 1.56. The molecule has 4 nitrogen and oxygen atoms in total. The van der Waals surface area contributed by atoms with Gasteiger partial charge in [0.2, 0.25) is 5.91 Å². The van der Waals surface area contributed by atoms with E-state index in [1.165, 1.54) is 11.1 Å². The van der Waals surface area contributed by atoms with Crippen molar-refractivity contribution in [1.29, 1.82) is 0 Å². The predicted octanol–water partition coefficient (Wildman–Crippen LogP) is 4.80. The van der Waals surface area contributed by atoms with Gasteiger partial charge in [0.25, 0.3) is 5.91 Å². The minimum atomic E-state index is -0.211. The number of benzene rings is 3. The number of hydrogen-bond acceptors (Lipinski definition) is 3. The van der Waals surface area contributed by atoms with Gasteiger partial charge in [0.15, 0.2) is 0 Å². The number of carbonyl (C=O) groups is 2. The van der Waals surface area contributed by atoms with Crippen molar-refractivity contribution in [3.8, 4) is 0 Å². The Kier molecular flexibility index (Phi) is 7.47. The van der Waals surface area contributed by atoms with E-state index in [2.05, 4.69) is 29.7 Å². The normalized spacial score (nSPS) is 10.4. The lowest BCUT2D eigenvalue weighted by atomic mass is 10.1. The molecule has 2 amide bonds. The van der Waals surface area contributed by atoms with Gasteiger partial charge in [-0.05, 0) is 35.7 Å². The van der Waals surface area contributed by atoms with Crippen LogP contribution in [-0.4, -0.2) is 17.6 Å². The lowest BCUT2D eigenvalue weighted by Crippen LogP contribution is -2.25. The van der Waals surface area contributed by atoms with E-state index in [1.807, 2.05) is 48.5 Å². The van der Waals surface area contributed by atoms with E-state index in [1.54, 1.807) is 30.0 Å². The summed E-state index contributed by atoms with van der Waals surface area (Å²) in [5.41, 5.74) is 4.46. The van der Waals surface area contributed by atoms with Crippen LogP contribution in [0.2, 0.25) is 0 Å². The number of thioether (sulfide) groups is 1. The second-order valence-corrected chi connectivity index (χ2v) is 7.67. The molecule has 0 saturated carbocycles. The Morgan fingerprint density at radius 2 is 1.55 bits per heavy atom. The Labute approximate surface area is 175 Å². The van der Waals surface area contributed by atoms with Crippen LogP contribution >= 0.6 is 11.8 Å². The Bertz CT molecular complexity index is 973. The van der Waals surface area contributed by atoms with Gasteiger partial charge in [-0.3, -0.25) is 9.59 Å². The first-order valence-corrected chi connectivity index (χ1v) is 10.6. The third-order valence-electron chi connectivity index (χ3n) is 4.49. The number of aryl methyl sites for hydroxylation is 1.